The second kappa shape index (κ2) is 28.5. The topological polar surface area (TPSA) is 307 Å². The van der Waals surface area contributed by atoms with Gasteiger partial charge in [-0.15, -0.1) is 0 Å². The van der Waals surface area contributed by atoms with E-state index in [0.717, 1.165) is 43.2 Å². The van der Waals surface area contributed by atoms with E-state index in [9.17, 15) is 48.3 Å². The number of nitrogens with one attached hydrogen (secondary N) is 8. The van der Waals surface area contributed by atoms with Crippen LogP contribution >= 0.6 is 0 Å². The molecule has 3 aliphatic carbocycles. The zero-order valence-electron chi connectivity index (χ0n) is 50.1. The Morgan fingerprint density at radius 3 is 1.80 bits per heavy atom. The van der Waals surface area contributed by atoms with E-state index >= 15 is 0 Å². The number of carbonyl (C=O) groups excluding carboxylic acids is 8. The van der Waals surface area contributed by atoms with Crippen molar-refractivity contribution in [1.82, 2.24) is 42.5 Å². The smallest absolute Gasteiger partial charge is 0.480 e. The minimum absolute atomic E-state index is 0.0908. The number of carboxylic acid groups (broad SMARTS) is 1. The highest BCUT2D eigenvalue weighted by molar-refractivity contribution is 6.47. The molecular formula is C59H89BN8O14. The summed E-state index contributed by atoms with van der Waals surface area (Å²) in [5.41, 5.74) is 1.07. The predicted molar refractivity (Wildman–Crippen MR) is 308 cm³/mol. The number of unbranched alkanes of at least 4 members (excludes halogenated alkanes) is 2. The van der Waals surface area contributed by atoms with Crippen molar-refractivity contribution in [1.29, 1.82) is 0 Å². The van der Waals surface area contributed by atoms with E-state index in [1.807, 2.05) is 12.1 Å². The molecule has 452 valence electrons. The van der Waals surface area contributed by atoms with Crippen molar-refractivity contribution in [3.63, 3.8) is 0 Å². The Bertz CT molecular complexity index is 2590. The molecule has 0 spiro atoms. The maximum absolute atomic E-state index is 14.3. The fourth-order valence-electron chi connectivity index (χ4n) is 10.6. The lowest BCUT2D eigenvalue weighted by Gasteiger charge is -2.64. The third kappa shape index (κ3) is 18.9. The number of carboxylic acids is 1. The van der Waals surface area contributed by atoms with Gasteiger partial charge in [0.2, 0.25) is 29.5 Å². The van der Waals surface area contributed by atoms with Gasteiger partial charge in [-0.25, -0.2) is 9.59 Å². The summed E-state index contributed by atoms with van der Waals surface area (Å²) in [6.45, 7) is 22.9. The number of hydrogen-bond acceptors (Lipinski definition) is 13. The molecule has 1 heterocycles. The number of aryl methyl sites for hydroxylation is 1. The average Bonchev–Trinajstić information content (AvgIpc) is 1.64. The van der Waals surface area contributed by atoms with Crippen molar-refractivity contribution in [3.8, 4) is 11.1 Å². The van der Waals surface area contributed by atoms with Crippen LogP contribution in [0.5, 0.6) is 0 Å². The number of alkyl carbamates (subject to hydrolysis) is 2. The van der Waals surface area contributed by atoms with E-state index < -0.39 is 133 Å². The van der Waals surface area contributed by atoms with Gasteiger partial charge in [0.15, 0.2) is 0 Å². The summed E-state index contributed by atoms with van der Waals surface area (Å²) < 4.78 is 23.7. The van der Waals surface area contributed by atoms with Crippen molar-refractivity contribution < 1.29 is 67.0 Å². The highest BCUT2D eigenvalue weighted by atomic mass is 16.7. The molecule has 3 saturated carbocycles. The summed E-state index contributed by atoms with van der Waals surface area (Å²) in [6.07, 6.45) is 3.30. The van der Waals surface area contributed by atoms with Gasteiger partial charge in [0, 0.05) is 18.5 Å². The molecule has 2 aromatic carbocycles. The van der Waals surface area contributed by atoms with Gasteiger partial charge in [-0.3, -0.25) is 33.6 Å². The van der Waals surface area contributed by atoms with Crippen molar-refractivity contribution in [2.45, 2.75) is 213 Å². The van der Waals surface area contributed by atoms with E-state index in [0.29, 0.717) is 18.8 Å². The number of carbonyl (C=O) groups is 9. The number of aliphatic carboxylic acids is 1. The number of hydrogen-bond donors (Lipinski definition) is 9. The van der Waals surface area contributed by atoms with Crippen LogP contribution in [0.25, 0.3) is 11.1 Å². The van der Waals surface area contributed by atoms with Gasteiger partial charge in [0.05, 0.1) is 24.2 Å². The van der Waals surface area contributed by atoms with Crippen molar-refractivity contribution >= 4 is 60.7 Å². The Kier molecular flexibility index (Phi) is 23.0. The molecule has 0 aromatic heterocycles. The van der Waals surface area contributed by atoms with Crippen LogP contribution in [-0.2, 0) is 54.0 Å². The van der Waals surface area contributed by atoms with Gasteiger partial charge in [-0.2, -0.15) is 0 Å². The van der Waals surface area contributed by atoms with Crippen molar-refractivity contribution in [3.05, 3.63) is 59.7 Å². The maximum atomic E-state index is 14.3. The van der Waals surface area contributed by atoms with Crippen LogP contribution in [0.1, 0.15) is 164 Å². The predicted octanol–water partition coefficient (Wildman–Crippen LogP) is 5.63. The zero-order valence-corrected chi connectivity index (χ0v) is 50.1. The third-order valence-electron chi connectivity index (χ3n) is 15.5. The lowest BCUT2D eigenvalue weighted by atomic mass is 9.43. The molecule has 23 heteroatoms. The van der Waals surface area contributed by atoms with E-state index in [1.54, 1.807) is 72.7 Å². The number of ether oxygens (including phenoxy) is 2. The Hall–Kier alpha value is -6.75. The molecule has 2 bridgehead atoms. The first-order valence-corrected chi connectivity index (χ1v) is 28.8. The van der Waals surface area contributed by atoms with Crippen LogP contribution in [-0.4, -0.2) is 138 Å². The lowest BCUT2D eigenvalue weighted by molar-refractivity contribution is -0.199. The van der Waals surface area contributed by atoms with Gasteiger partial charge in [0.1, 0.15) is 41.4 Å². The minimum atomic E-state index is -1.59. The Balaban J connectivity index is 1.31. The molecule has 0 unspecified atom stereocenters. The molecule has 2 aromatic rings. The fourth-order valence-corrected chi connectivity index (χ4v) is 10.6. The molecule has 82 heavy (non-hydrogen) atoms. The van der Waals surface area contributed by atoms with Crippen molar-refractivity contribution in [2.24, 2.45) is 17.3 Å². The largest absolute Gasteiger partial charge is 0.481 e. The molecule has 9 N–H and O–H groups in total. The Labute approximate surface area is 483 Å². The number of benzene rings is 2. The molecule has 22 nitrogen and oxygen atoms in total. The normalized spacial score (nSPS) is 21.0. The highest BCUT2D eigenvalue weighted by Gasteiger charge is 2.68. The molecule has 0 radical (unpaired) electrons. The SMILES string of the molecule is CCCCc1ccc(-c2ccc(C(=O)N[C@@H](CNC(=O)OC(C)(C)C)C(=O)N[C@@H](CCC(=O)N[C@H](C)C(=O)O)C(=O)N[C@@H](C)C(=O)N[C@@H](CCCCNC(=O)OC(C)(C)C)C(=O)N[C@@H](C)B3O[C@@H]4C[C@@H]5C[C@@H](C5(C)C)[C@]4(C)O3)cc2)cc1. The van der Waals surface area contributed by atoms with Crippen molar-refractivity contribution in [2.75, 3.05) is 13.1 Å². The van der Waals surface area contributed by atoms with Gasteiger partial charge >= 0.3 is 25.3 Å². The third-order valence-corrected chi connectivity index (χ3v) is 15.5. The molecule has 6 rings (SSSR count). The standard InChI is InChI=1S/C59H89BN8O14/c1-14-15-18-37-20-22-38(23-21-37)39-24-26-40(27-25-39)49(71)68-44(33-62-55(78)80-57(8,9)10)52(74)67-43(28-29-47(69)63-35(3)53(75)76)50(72)64-34(2)48(70)66-42(19-16-17-30-61-54(77)79-56(5,6)7)51(73)65-36(4)60-81-46-32-41-31-45(58(41,11)12)59(46,13)82-60/h20-27,34-36,41-46H,14-19,28-33H2,1-13H3,(H,61,77)(H,62,78)(H,63,69)(H,64,72)(H,65,73)(H,66,70)(H,67,74)(H,68,71)(H,75,76)/t34-,35+,36-,41-,42-,43-,44-,45-,46+,59-/m0/s1. The van der Waals surface area contributed by atoms with E-state index in [1.165, 1.54) is 19.4 Å². The second-order valence-corrected chi connectivity index (χ2v) is 24.9. The monoisotopic (exact) mass is 1140 g/mol. The number of rotatable bonds is 27. The summed E-state index contributed by atoms with van der Waals surface area (Å²) in [4.78, 5) is 120. The first kappa shape index (κ1) is 66.1. The summed E-state index contributed by atoms with van der Waals surface area (Å²) >= 11 is 0. The fraction of sp³-hybridized carbons (Fsp3) is 0.644. The Morgan fingerprint density at radius 1 is 0.659 bits per heavy atom. The van der Waals surface area contributed by atoms with Crippen LogP contribution in [0.2, 0.25) is 0 Å². The lowest BCUT2D eigenvalue weighted by Crippen LogP contribution is -2.65. The van der Waals surface area contributed by atoms with E-state index in [4.69, 9.17) is 18.8 Å². The first-order valence-electron chi connectivity index (χ1n) is 28.8. The van der Waals surface area contributed by atoms with E-state index in [2.05, 4.69) is 82.4 Å². The summed E-state index contributed by atoms with van der Waals surface area (Å²) in [5.74, 6) is -5.92. The number of amides is 8. The molecular weight excluding hydrogens is 1060 g/mol. The summed E-state index contributed by atoms with van der Waals surface area (Å²) in [7, 11) is -0.764. The van der Waals surface area contributed by atoms with Crippen LogP contribution in [0.4, 0.5) is 9.59 Å². The molecule has 1 aliphatic heterocycles. The van der Waals surface area contributed by atoms with Gasteiger partial charge in [-0.05, 0) is 167 Å². The molecule has 4 fully saturated rings. The maximum Gasteiger partial charge on any atom is 0.481 e. The molecule has 1 saturated heterocycles. The minimum Gasteiger partial charge on any atom is -0.480 e. The van der Waals surface area contributed by atoms with Gasteiger partial charge < -0.3 is 66.4 Å². The van der Waals surface area contributed by atoms with E-state index in [-0.39, 0.29) is 36.0 Å². The molecule has 4 aliphatic rings. The average molecular weight is 1150 g/mol. The van der Waals surface area contributed by atoms with Crippen LogP contribution < -0.4 is 42.5 Å². The van der Waals surface area contributed by atoms with Gasteiger partial charge in [0.25, 0.3) is 5.91 Å². The Morgan fingerprint density at radius 2 is 1.22 bits per heavy atom. The highest BCUT2D eigenvalue weighted by Crippen LogP contribution is 2.65. The second-order valence-electron chi connectivity index (χ2n) is 24.9. The van der Waals surface area contributed by atoms with Crippen LogP contribution in [0.3, 0.4) is 0 Å². The molecule has 10 atom stereocenters. The van der Waals surface area contributed by atoms with Gasteiger partial charge in [-0.1, -0.05) is 63.6 Å². The summed E-state index contributed by atoms with van der Waals surface area (Å²) in [6, 6.07) is 7.86. The molecule has 8 amide bonds. The summed E-state index contributed by atoms with van der Waals surface area (Å²) in [5, 5.41) is 30.4. The quantitative estimate of drug-likeness (QED) is 0.0387. The first-order chi connectivity index (χ1) is 38.3. The van der Waals surface area contributed by atoms with Crippen LogP contribution in [0.15, 0.2) is 48.5 Å². The van der Waals surface area contributed by atoms with Crippen LogP contribution in [0, 0.1) is 17.3 Å². The zero-order chi connectivity index (χ0) is 60.9.